The number of carbonyl (C=O) groups excluding carboxylic acids is 1. The van der Waals surface area contributed by atoms with Crippen molar-refractivity contribution in [2.24, 2.45) is 0 Å². The summed E-state index contributed by atoms with van der Waals surface area (Å²) in [5.41, 5.74) is 2.51. The molecule has 0 bridgehead atoms. The van der Waals surface area contributed by atoms with Crippen LogP contribution < -0.4 is 15.5 Å². The van der Waals surface area contributed by atoms with Gasteiger partial charge in [-0.25, -0.2) is 12.7 Å². The molecule has 7 nitrogen and oxygen atoms in total. The zero-order valence-corrected chi connectivity index (χ0v) is 18.6. The Kier molecular flexibility index (Phi) is 6.99. The molecule has 1 aliphatic heterocycles. The Morgan fingerprint density at radius 2 is 1.67 bits per heavy atom. The minimum absolute atomic E-state index is 0.138. The summed E-state index contributed by atoms with van der Waals surface area (Å²) in [5, 5.41) is 5.98. The first-order chi connectivity index (χ1) is 14.3. The number of hydrogen-bond donors (Lipinski definition) is 2. The molecule has 2 aromatic carbocycles. The lowest BCUT2D eigenvalue weighted by atomic mass is 10.1. The Labute approximate surface area is 179 Å². The summed E-state index contributed by atoms with van der Waals surface area (Å²) >= 11 is 0. The molecule has 3 rings (SSSR count). The van der Waals surface area contributed by atoms with Crippen molar-refractivity contribution >= 4 is 33.0 Å². The molecule has 1 saturated heterocycles. The van der Waals surface area contributed by atoms with Crippen LogP contribution in [-0.4, -0.2) is 51.9 Å². The standard InChI is InChI=1S/C22H30N4O3S/c1-17(23-18-10-12-20(13-11-18)26-14-5-4-6-15-26)22(27)24-19-8-7-9-21(16-19)30(28,29)25(2)3/h7-13,16-17,23H,4-6,14-15H2,1-3H3,(H,24,27). The van der Waals surface area contributed by atoms with Crippen LogP contribution in [0.3, 0.4) is 0 Å². The maximum absolute atomic E-state index is 12.6. The molecule has 2 aromatic rings. The fraction of sp³-hybridized carbons (Fsp3) is 0.409. The van der Waals surface area contributed by atoms with Gasteiger partial charge in [0, 0.05) is 44.2 Å². The summed E-state index contributed by atoms with van der Waals surface area (Å²) in [6, 6.07) is 13.9. The van der Waals surface area contributed by atoms with Crippen LogP contribution in [0, 0.1) is 0 Å². The van der Waals surface area contributed by atoms with Gasteiger partial charge < -0.3 is 15.5 Å². The van der Waals surface area contributed by atoms with E-state index in [9.17, 15) is 13.2 Å². The number of amides is 1. The maximum atomic E-state index is 12.6. The Balaban J connectivity index is 1.61. The number of nitrogens with zero attached hydrogens (tertiary/aromatic N) is 2. The highest BCUT2D eigenvalue weighted by molar-refractivity contribution is 7.89. The minimum atomic E-state index is -3.56. The number of benzene rings is 2. The second-order valence-electron chi connectivity index (χ2n) is 7.77. The van der Waals surface area contributed by atoms with E-state index in [0.29, 0.717) is 5.69 Å². The highest BCUT2D eigenvalue weighted by Gasteiger charge is 2.19. The smallest absolute Gasteiger partial charge is 0.246 e. The quantitative estimate of drug-likeness (QED) is 0.704. The minimum Gasteiger partial charge on any atom is -0.374 e. The lowest BCUT2D eigenvalue weighted by molar-refractivity contribution is -0.116. The molecule has 2 N–H and O–H groups in total. The van der Waals surface area contributed by atoms with E-state index in [1.54, 1.807) is 19.1 Å². The van der Waals surface area contributed by atoms with Crippen LogP contribution in [0.1, 0.15) is 26.2 Å². The zero-order chi connectivity index (χ0) is 21.7. The van der Waals surface area contributed by atoms with E-state index in [-0.39, 0.29) is 10.8 Å². The van der Waals surface area contributed by atoms with Crippen molar-refractivity contribution in [2.45, 2.75) is 37.1 Å². The molecule has 1 heterocycles. The highest BCUT2D eigenvalue weighted by atomic mass is 32.2. The van der Waals surface area contributed by atoms with E-state index in [1.807, 2.05) is 12.1 Å². The van der Waals surface area contributed by atoms with Crippen LogP contribution in [0.15, 0.2) is 53.4 Å². The van der Waals surface area contributed by atoms with Gasteiger partial charge in [-0.05, 0) is 68.7 Å². The number of anilines is 3. The van der Waals surface area contributed by atoms with E-state index >= 15 is 0 Å². The predicted molar refractivity (Wildman–Crippen MR) is 122 cm³/mol. The first kappa shape index (κ1) is 22.1. The number of rotatable bonds is 7. The fourth-order valence-electron chi connectivity index (χ4n) is 3.43. The molecule has 0 spiro atoms. The summed E-state index contributed by atoms with van der Waals surface area (Å²) in [6.45, 7) is 3.96. The molecular formula is C22H30N4O3S. The van der Waals surface area contributed by atoms with Crippen molar-refractivity contribution in [3.63, 3.8) is 0 Å². The monoisotopic (exact) mass is 430 g/mol. The first-order valence-electron chi connectivity index (χ1n) is 10.2. The van der Waals surface area contributed by atoms with Crippen LogP contribution >= 0.6 is 0 Å². The normalized spacial score (nSPS) is 15.7. The zero-order valence-electron chi connectivity index (χ0n) is 17.8. The molecular weight excluding hydrogens is 400 g/mol. The summed E-state index contributed by atoms with van der Waals surface area (Å²) in [6.07, 6.45) is 3.76. The summed E-state index contributed by atoms with van der Waals surface area (Å²) < 4.78 is 25.7. The number of hydrogen-bond acceptors (Lipinski definition) is 5. The largest absolute Gasteiger partial charge is 0.374 e. The third kappa shape index (κ3) is 5.31. The van der Waals surface area contributed by atoms with Gasteiger partial charge in [0.2, 0.25) is 15.9 Å². The number of sulfonamides is 1. The van der Waals surface area contributed by atoms with Crippen molar-refractivity contribution in [3.8, 4) is 0 Å². The molecule has 1 unspecified atom stereocenters. The van der Waals surface area contributed by atoms with Crippen molar-refractivity contribution in [2.75, 3.05) is 42.7 Å². The number of carbonyl (C=O) groups is 1. The molecule has 0 aliphatic carbocycles. The molecule has 0 saturated carbocycles. The molecule has 1 fully saturated rings. The molecule has 1 amide bonds. The van der Waals surface area contributed by atoms with E-state index in [2.05, 4.69) is 27.7 Å². The fourth-order valence-corrected chi connectivity index (χ4v) is 4.38. The van der Waals surface area contributed by atoms with Crippen LogP contribution in [0.25, 0.3) is 0 Å². The van der Waals surface area contributed by atoms with Gasteiger partial charge in [0.05, 0.1) is 4.90 Å². The van der Waals surface area contributed by atoms with Gasteiger partial charge in [-0.1, -0.05) is 6.07 Å². The van der Waals surface area contributed by atoms with Gasteiger partial charge in [0.25, 0.3) is 0 Å². The molecule has 0 radical (unpaired) electrons. The summed E-state index contributed by atoms with van der Waals surface area (Å²) in [4.78, 5) is 15.1. The molecule has 1 atom stereocenters. The second-order valence-corrected chi connectivity index (χ2v) is 9.92. The predicted octanol–water partition coefficient (Wildman–Crippen LogP) is 3.37. The molecule has 162 valence electrons. The van der Waals surface area contributed by atoms with Crippen LogP contribution in [0.4, 0.5) is 17.1 Å². The number of piperidine rings is 1. The third-order valence-corrected chi connectivity index (χ3v) is 7.06. The van der Waals surface area contributed by atoms with Crippen molar-refractivity contribution < 1.29 is 13.2 Å². The lowest BCUT2D eigenvalue weighted by Gasteiger charge is -2.29. The average Bonchev–Trinajstić information content (AvgIpc) is 2.75. The second kappa shape index (κ2) is 9.49. The average molecular weight is 431 g/mol. The highest BCUT2D eigenvalue weighted by Crippen LogP contribution is 2.22. The van der Waals surface area contributed by atoms with E-state index in [4.69, 9.17) is 0 Å². The van der Waals surface area contributed by atoms with Gasteiger partial charge in [0.15, 0.2) is 0 Å². The summed E-state index contributed by atoms with van der Waals surface area (Å²) in [5.74, 6) is -0.241. The Bertz CT molecular complexity index is 968. The van der Waals surface area contributed by atoms with Crippen molar-refractivity contribution in [3.05, 3.63) is 48.5 Å². The van der Waals surface area contributed by atoms with Crippen LogP contribution in [0.2, 0.25) is 0 Å². The summed E-state index contributed by atoms with van der Waals surface area (Å²) in [7, 11) is -0.604. The van der Waals surface area contributed by atoms with E-state index < -0.39 is 16.1 Å². The van der Waals surface area contributed by atoms with Gasteiger partial charge in [-0.2, -0.15) is 0 Å². The maximum Gasteiger partial charge on any atom is 0.246 e. The van der Waals surface area contributed by atoms with Gasteiger partial charge in [-0.3, -0.25) is 4.79 Å². The van der Waals surface area contributed by atoms with Gasteiger partial charge in [-0.15, -0.1) is 0 Å². The van der Waals surface area contributed by atoms with Crippen LogP contribution in [0.5, 0.6) is 0 Å². The Hall–Kier alpha value is -2.58. The van der Waals surface area contributed by atoms with Gasteiger partial charge >= 0.3 is 0 Å². The van der Waals surface area contributed by atoms with Gasteiger partial charge in [0.1, 0.15) is 6.04 Å². The van der Waals surface area contributed by atoms with E-state index in [1.165, 1.54) is 51.2 Å². The number of nitrogens with one attached hydrogen (secondary N) is 2. The van der Waals surface area contributed by atoms with Crippen LogP contribution in [-0.2, 0) is 14.8 Å². The molecule has 1 aliphatic rings. The first-order valence-corrected chi connectivity index (χ1v) is 11.7. The Morgan fingerprint density at radius 3 is 2.30 bits per heavy atom. The Morgan fingerprint density at radius 1 is 1.00 bits per heavy atom. The van der Waals surface area contributed by atoms with E-state index in [0.717, 1.165) is 23.1 Å². The molecule has 30 heavy (non-hydrogen) atoms. The topological polar surface area (TPSA) is 81.8 Å². The molecule has 8 heteroatoms. The SMILES string of the molecule is CC(Nc1ccc(N2CCCCC2)cc1)C(=O)Nc1cccc(S(=O)(=O)N(C)C)c1. The van der Waals surface area contributed by atoms with Crippen molar-refractivity contribution in [1.82, 2.24) is 4.31 Å². The molecule has 0 aromatic heterocycles. The third-order valence-electron chi connectivity index (χ3n) is 5.25. The van der Waals surface area contributed by atoms with Crippen molar-refractivity contribution in [1.29, 1.82) is 0 Å². The lowest BCUT2D eigenvalue weighted by Crippen LogP contribution is -2.32.